The van der Waals surface area contributed by atoms with Gasteiger partial charge in [0.25, 0.3) is 0 Å². The Morgan fingerprint density at radius 2 is 1.94 bits per heavy atom. The van der Waals surface area contributed by atoms with Crippen molar-refractivity contribution in [3.05, 3.63) is 47.5 Å². The van der Waals surface area contributed by atoms with Gasteiger partial charge in [-0.05, 0) is 38.2 Å². The fourth-order valence-electron chi connectivity index (χ4n) is 2.02. The van der Waals surface area contributed by atoms with Gasteiger partial charge in [0, 0.05) is 6.08 Å². The van der Waals surface area contributed by atoms with Crippen LogP contribution >= 0.6 is 0 Å². The van der Waals surface area contributed by atoms with Gasteiger partial charge < -0.3 is 5.32 Å². The van der Waals surface area contributed by atoms with Crippen LogP contribution < -0.4 is 5.32 Å². The highest BCUT2D eigenvalue weighted by Gasteiger charge is 2.32. The highest BCUT2D eigenvalue weighted by Crippen LogP contribution is 2.40. The number of allylic oxidation sites excluding steroid dienone is 1. The molecule has 0 aliphatic heterocycles. The van der Waals surface area contributed by atoms with Crippen molar-refractivity contribution in [3.63, 3.8) is 0 Å². The molecule has 0 heterocycles. The van der Waals surface area contributed by atoms with Gasteiger partial charge in [0.05, 0.1) is 6.04 Å². The van der Waals surface area contributed by atoms with Crippen molar-refractivity contribution < 1.29 is 4.79 Å². The Morgan fingerprint density at radius 1 is 1.29 bits per heavy atom. The molecule has 1 aromatic carbocycles. The summed E-state index contributed by atoms with van der Waals surface area (Å²) in [6.07, 6.45) is 4.10. The van der Waals surface area contributed by atoms with Crippen LogP contribution in [-0.4, -0.2) is 5.91 Å². The first-order chi connectivity index (χ1) is 8.16. The van der Waals surface area contributed by atoms with Crippen molar-refractivity contribution in [2.45, 2.75) is 32.7 Å². The molecule has 1 aliphatic carbocycles. The standard InChI is InChI=1S/C15H19NO/c1-11(2)10-14(17)16-15(13-8-9-13)12-6-4-3-5-7-12/h3-7,10,13,15H,8-9H2,1-2H3,(H,16,17). The van der Waals surface area contributed by atoms with Crippen LogP contribution in [0.1, 0.15) is 38.3 Å². The summed E-state index contributed by atoms with van der Waals surface area (Å²) in [6.45, 7) is 3.88. The highest BCUT2D eigenvalue weighted by molar-refractivity contribution is 5.88. The van der Waals surface area contributed by atoms with Gasteiger partial charge >= 0.3 is 0 Å². The van der Waals surface area contributed by atoms with E-state index in [9.17, 15) is 4.79 Å². The molecule has 1 unspecified atom stereocenters. The number of hydrogen-bond donors (Lipinski definition) is 1. The minimum atomic E-state index is 0.0192. The molecule has 90 valence electrons. The Balaban J connectivity index is 2.09. The summed E-state index contributed by atoms with van der Waals surface area (Å²) in [5, 5.41) is 3.11. The number of amides is 1. The van der Waals surface area contributed by atoms with E-state index in [0.29, 0.717) is 5.92 Å². The van der Waals surface area contributed by atoms with Crippen molar-refractivity contribution in [1.82, 2.24) is 5.32 Å². The molecule has 1 aromatic rings. The molecule has 1 atom stereocenters. The average Bonchev–Trinajstić information content (AvgIpc) is 3.10. The van der Waals surface area contributed by atoms with Crippen molar-refractivity contribution in [3.8, 4) is 0 Å². The summed E-state index contributed by atoms with van der Waals surface area (Å²) in [5.41, 5.74) is 2.25. The second kappa shape index (κ2) is 5.17. The Kier molecular flexibility index (Phi) is 3.62. The Bertz CT molecular complexity index is 414. The molecule has 2 nitrogen and oxygen atoms in total. The zero-order valence-electron chi connectivity index (χ0n) is 10.4. The van der Waals surface area contributed by atoms with Crippen LogP contribution in [0.25, 0.3) is 0 Å². The zero-order valence-corrected chi connectivity index (χ0v) is 10.4. The number of carbonyl (C=O) groups excluding carboxylic acids is 1. The minimum Gasteiger partial charge on any atom is -0.345 e. The number of rotatable bonds is 4. The van der Waals surface area contributed by atoms with E-state index >= 15 is 0 Å². The van der Waals surface area contributed by atoms with Crippen molar-refractivity contribution in [2.24, 2.45) is 5.92 Å². The van der Waals surface area contributed by atoms with Crippen LogP contribution in [0, 0.1) is 5.92 Å². The maximum atomic E-state index is 11.8. The van der Waals surface area contributed by atoms with Crippen LogP contribution in [-0.2, 0) is 4.79 Å². The van der Waals surface area contributed by atoms with Crippen LogP contribution in [0.4, 0.5) is 0 Å². The zero-order chi connectivity index (χ0) is 12.3. The van der Waals surface area contributed by atoms with Gasteiger partial charge in [0.2, 0.25) is 5.91 Å². The summed E-state index contributed by atoms with van der Waals surface area (Å²) in [4.78, 5) is 11.8. The molecule has 0 spiro atoms. The second-order valence-corrected chi connectivity index (χ2v) is 4.96. The van der Waals surface area contributed by atoms with Gasteiger partial charge in [-0.2, -0.15) is 0 Å². The maximum Gasteiger partial charge on any atom is 0.244 e. The lowest BCUT2D eigenvalue weighted by molar-refractivity contribution is -0.117. The predicted octanol–water partition coefficient (Wildman–Crippen LogP) is 3.22. The van der Waals surface area contributed by atoms with Crippen LogP contribution in [0.2, 0.25) is 0 Å². The van der Waals surface area contributed by atoms with Gasteiger partial charge in [-0.15, -0.1) is 0 Å². The van der Waals surface area contributed by atoms with Gasteiger partial charge in [0.15, 0.2) is 0 Å². The average molecular weight is 229 g/mol. The summed E-state index contributed by atoms with van der Waals surface area (Å²) >= 11 is 0. The molecule has 0 radical (unpaired) electrons. The number of nitrogens with one attached hydrogen (secondary N) is 1. The molecule has 2 rings (SSSR count). The van der Waals surface area contributed by atoms with Gasteiger partial charge in [0.1, 0.15) is 0 Å². The van der Waals surface area contributed by atoms with Gasteiger partial charge in [-0.3, -0.25) is 4.79 Å². The normalized spacial score (nSPS) is 16.1. The SMILES string of the molecule is CC(C)=CC(=O)NC(c1ccccc1)C1CC1. The monoisotopic (exact) mass is 229 g/mol. The van der Waals surface area contributed by atoms with Crippen LogP contribution in [0.3, 0.4) is 0 Å². The molecule has 1 aliphatic rings. The van der Waals surface area contributed by atoms with Crippen LogP contribution in [0.15, 0.2) is 42.0 Å². The number of hydrogen-bond acceptors (Lipinski definition) is 1. The van der Waals surface area contributed by atoms with Crippen molar-refractivity contribution in [2.75, 3.05) is 0 Å². The summed E-state index contributed by atoms with van der Waals surface area (Å²) in [5.74, 6) is 0.637. The lowest BCUT2D eigenvalue weighted by Crippen LogP contribution is -2.28. The highest BCUT2D eigenvalue weighted by atomic mass is 16.1. The first-order valence-corrected chi connectivity index (χ1v) is 6.17. The molecule has 0 bridgehead atoms. The Morgan fingerprint density at radius 3 is 2.47 bits per heavy atom. The molecule has 1 amide bonds. The molecule has 17 heavy (non-hydrogen) atoms. The minimum absolute atomic E-state index is 0.0192. The molecular weight excluding hydrogens is 210 g/mol. The third-order valence-electron chi connectivity index (χ3n) is 2.97. The number of carbonyl (C=O) groups is 1. The largest absolute Gasteiger partial charge is 0.345 e. The van der Waals surface area contributed by atoms with E-state index in [1.54, 1.807) is 6.08 Å². The predicted molar refractivity (Wildman–Crippen MR) is 69.5 cm³/mol. The smallest absolute Gasteiger partial charge is 0.244 e. The quantitative estimate of drug-likeness (QED) is 0.789. The topological polar surface area (TPSA) is 29.1 Å². The summed E-state index contributed by atoms with van der Waals surface area (Å²) in [6, 6.07) is 10.4. The molecule has 1 fully saturated rings. The lowest BCUT2D eigenvalue weighted by atomic mass is 10.0. The molecule has 2 heteroatoms. The Labute approximate surface area is 103 Å². The van der Waals surface area contributed by atoms with Crippen molar-refractivity contribution >= 4 is 5.91 Å². The first kappa shape index (κ1) is 11.9. The third-order valence-corrected chi connectivity index (χ3v) is 2.97. The van der Waals surface area contributed by atoms with E-state index in [0.717, 1.165) is 5.57 Å². The van der Waals surface area contributed by atoms with Gasteiger partial charge in [-0.25, -0.2) is 0 Å². The second-order valence-electron chi connectivity index (χ2n) is 4.96. The summed E-state index contributed by atoms with van der Waals surface area (Å²) in [7, 11) is 0. The fourth-order valence-corrected chi connectivity index (χ4v) is 2.02. The van der Waals surface area contributed by atoms with E-state index in [-0.39, 0.29) is 11.9 Å². The van der Waals surface area contributed by atoms with E-state index in [2.05, 4.69) is 17.4 Å². The van der Waals surface area contributed by atoms with Crippen LogP contribution in [0.5, 0.6) is 0 Å². The third kappa shape index (κ3) is 3.45. The first-order valence-electron chi connectivity index (χ1n) is 6.17. The van der Waals surface area contributed by atoms with E-state index < -0.39 is 0 Å². The Hall–Kier alpha value is -1.57. The summed E-state index contributed by atoms with van der Waals surface area (Å²) < 4.78 is 0. The maximum absolute atomic E-state index is 11.8. The van der Waals surface area contributed by atoms with Gasteiger partial charge in [-0.1, -0.05) is 35.9 Å². The fraction of sp³-hybridized carbons (Fsp3) is 0.400. The number of benzene rings is 1. The molecule has 0 saturated heterocycles. The lowest BCUT2D eigenvalue weighted by Gasteiger charge is -2.17. The van der Waals surface area contributed by atoms with E-state index in [1.165, 1.54) is 18.4 Å². The van der Waals surface area contributed by atoms with E-state index in [1.807, 2.05) is 32.0 Å². The van der Waals surface area contributed by atoms with E-state index in [4.69, 9.17) is 0 Å². The molecular formula is C15H19NO. The molecule has 0 aromatic heterocycles. The van der Waals surface area contributed by atoms with Crippen molar-refractivity contribution in [1.29, 1.82) is 0 Å². The molecule has 1 N–H and O–H groups in total. The molecule has 1 saturated carbocycles.